The first-order chi connectivity index (χ1) is 6.27. The summed E-state index contributed by atoms with van der Waals surface area (Å²) >= 11 is 0. The third-order valence-electron chi connectivity index (χ3n) is 2.37. The van der Waals surface area contributed by atoms with Gasteiger partial charge in [-0.25, -0.2) is 4.98 Å². The minimum atomic E-state index is 0.243. The van der Waals surface area contributed by atoms with Gasteiger partial charge in [0.05, 0.1) is 0 Å². The van der Waals surface area contributed by atoms with Crippen LogP contribution in [-0.2, 0) is 0 Å². The van der Waals surface area contributed by atoms with E-state index in [0.29, 0.717) is 11.7 Å². The molecule has 0 aliphatic carbocycles. The maximum absolute atomic E-state index is 5.74. The fraction of sp³-hybridized carbons (Fsp3) is 0.500. The molecule has 0 amide bonds. The Kier molecular flexibility index (Phi) is 2.02. The summed E-state index contributed by atoms with van der Waals surface area (Å²) in [6.07, 6.45) is 2.83. The van der Waals surface area contributed by atoms with Crippen LogP contribution in [0.25, 0.3) is 0 Å². The van der Waals surface area contributed by atoms with Crippen molar-refractivity contribution in [2.75, 3.05) is 24.6 Å². The summed E-state index contributed by atoms with van der Waals surface area (Å²) in [6.45, 7) is 1.99. The van der Waals surface area contributed by atoms with Crippen LogP contribution in [-0.4, -0.2) is 23.1 Å². The van der Waals surface area contributed by atoms with Crippen molar-refractivity contribution in [3.8, 4) is 0 Å². The van der Waals surface area contributed by atoms with Crippen molar-refractivity contribution < 1.29 is 0 Å². The Morgan fingerprint density at radius 1 is 1.46 bits per heavy atom. The summed E-state index contributed by atoms with van der Waals surface area (Å²) in [7, 11) is 0. The molecule has 0 spiro atoms. The molecule has 1 aromatic heterocycles. The molecular weight excluding hydrogens is 166 g/mol. The van der Waals surface area contributed by atoms with Gasteiger partial charge < -0.3 is 16.8 Å². The van der Waals surface area contributed by atoms with Crippen LogP contribution in [0.5, 0.6) is 0 Å². The second kappa shape index (κ2) is 3.18. The minimum absolute atomic E-state index is 0.243. The SMILES string of the molecule is Nc1ncc(C2CCNC2)c(N)n1. The lowest BCUT2D eigenvalue weighted by Crippen LogP contribution is -2.11. The van der Waals surface area contributed by atoms with Crippen molar-refractivity contribution >= 4 is 11.8 Å². The Balaban J connectivity index is 2.29. The van der Waals surface area contributed by atoms with Gasteiger partial charge in [0.1, 0.15) is 5.82 Å². The van der Waals surface area contributed by atoms with Gasteiger partial charge in [0.25, 0.3) is 0 Å². The van der Waals surface area contributed by atoms with Crippen LogP contribution in [0.1, 0.15) is 17.9 Å². The molecule has 5 heteroatoms. The Hall–Kier alpha value is -1.36. The highest BCUT2D eigenvalue weighted by atomic mass is 15.0. The molecule has 0 radical (unpaired) electrons. The van der Waals surface area contributed by atoms with Crippen LogP contribution in [0.4, 0.5) is 11.8 Å². The zero-order valence-electron chi connectivity index (χ0n) is 7.33. The Bertz CT molecular complexity index is 305. The third kappa shape index (κ3) is 1.55. The van der Waals surface area contributed by atoms with Crippen LogP contribution < -0.4 is 16.8 Å². The van der Waals surface area contributed by atoms with Crippen molar-refractivity contribution in [2.24, 2.45) is 0 Å². The first-order valence-electron chi connectivity index (χ1n) is 4.36. The van der Waals surface area contributed by atoms with Crippen LogP contribution in [0.2, 0.25) is 0 Å². The standard InChI is InChI=1S/C8H13N5/c9-7-6(4-12-8(10)13-7)5-1-2-11-3-5/h4-5,11H,1-3H2,(H4,9,10,12,13). The van der Waals surface area contributed by atoms with Crippen molar-refractivity contribution in [3.63, 3.8) is 0 Å². The van der Waals surface area contributed by atoms with Crippen LogP contribution >= 0.6 is 0 Å². The van der Waals surface area contributed by atoms with Crippen molar-refractivity contribution in [3.05, 3.63) is 11.8 Å². The molecule has 1 atom stereocenters. The van der Waals surface area contributed by atoms with Gasteiger partial charge in [0.2, 0.25) is 5.95 Å². The molecule has 13 heavy (non-hydrogen) atoms. The van der Waals surface area contributed by atoms with Crippen molar-refractivity contribution in [1.82, 2.24) is 15.3 Å². The fourth-order valence-corrected chi connectivity index (χ4v) is 1.65. The largest absolute Gasteiger partial charge is 0.383 e. The molecule has 1 fully saturated rings. The summed E-state index contributed by atoms with van der Waals surface area (Å²) in [5.74, 6) is 1.20. The summed E-state index contributed by atoms with van der Waals surface area (Å²) in [6, 6.07) is 0. The zero-order chi connectivity index (χ0) is 9.26. The number of aromatic nitrogens is 2. The fourth-order valence-electron chi connectivity index (χ4n) is 1.65. The van der Waals surface area contributed by atoms with E-state index in [4.69, 9.17) is 11.5 Å². The number of rotatable bonds is 1. The highest BCUT2D eigenvalue weighted by molar-refractivity contribution is 5.44. The third-order valence-corrected chi connectivity index (χ3v) is 2.37. The van der Waals surface area contributed by atoms with E-state index in [1.807, 2.05) is 0 Å². The highest BCUT2D eigenvalue weighted by Crippen LogP contribution is 2.25. The first-order valence-corrected chi connectivity index (χ1v) is 4.36. The highest BCUT2D eigenvalue weighted by Gasteiger charge is 2.19. The van der Waals surface area contributed by atoms with Gasteiger partial charge in [0, 0.05) is 24.2 Å². The van der Waals surface area contributed by atoms with Gasteiger partial charge in [-0.05, 0) is 13.0 Å². The number of nitrogen functional groups attached to an aromatic ring is 2. The van der Waals surface area contributed by atoms with Crippen LogP contribution in [0, 0.1) is 0 Å². The molecule has 1 aromatic rings. The zero-order valence-corrected chi connectivity index (χ0v) is 7.33. The minimum Gasteiger partial charge on any atom is -0.383 e. The summed E-state index contributed by atoms with van der Waals surface area (Å²) in [5, 5.41) is 3.27. The van der Waals surface area contributed by atoms with E-state index in [0.717, 1.165) is 25.1 Å². The second-order valence-corrected chi connectivity index (χ2v) is 3.26. The van der Waals surface area contributed by atoms with E-state index in [9.17, 15) is 0 Å². The number of anilines is 2. The van der Waals surface area contributed by atoms with Gasteiger partial charge >= 0.3 is 0 Å². The van der Waals surface area contributed by atoms with E-state index in [-0.39, 0.29) is 5.95 Å². The van der Waals surface area contributed by atoms with Gasteiger partial charge in [-0.2, -0.15) is 4.98 Å². The average Bonchev–Trinajstić information content (AvgIpc) is 2.56. The lowest BCUT2D eigenvalue weighted by atomic mass is 10.0. The summed E-state index contributed by atoms with van der Waals surface area (Å²) < 4.78 is 0. The van der Waals surface area contributed by atoms with E-state index in [1.54, 1.807) is 6.20 Å². The second-order valence-electron chi connectivity index (χ2n) is 3.26. The molecule has 0 bridgehead atoms. The van der Waals surface area contributed by atoms with Gasteiger partial charge in [-0.1, -0.05) is 0 Å². The lowest BCUT2D eigenvalue weighted by Gasteiger charge is -2.10. The molecule has 0 saturated carbocycles. The number of nitrogens with one attached hydrogen (secondary N) is 1. The normalized spacial score (nSPS) is 22.0. The first kappa shape index (κ1) is 8.25. The maximum atomic E-state index is 5.74. The Morgan fingerprint density at radius 2 is 2.31 bits per heavy atom. The van der Waals surface area contributed by atoms with Crippen LogP contribution in [0.3, 0.4) is 0 Å². The Morgan fingerprint density at radius 3 is 2.92 bits per heavy atom. The van der Waals surface area contributed by atoms with Gasteiger partial charge in [0.15, 0.2) is 0 Å². The number of hydrogen-bond donors (Lipinski definition) is 3. The van der Waals surface area contributed by atoms with E-state index >= 15 is 0 Å². The van der Waals surface area contributed by atoms with E-state index in [2.05, 4.69) is 15.3 Å². The average molecular weight is 179 g/mol. The maximum Gasteiger partial charge on any atom is 0.221 e. The molecule has 1 saturated heterocycles. The quantitative estimate of drug-likeness (QED) is 0.551. The number of hydrogen-bond acceptors (Lipinski definition) is 5. The van der Waals surface area contributed by atoms with Gasteiger partial charge in [-0.15, -0.1) is 0 Å². The number of nitrogens with two attached hydrogens (primary N) is 2. The van der Waals surface area contributed by atoms with Crippen LogP contribution in [0.15, 0.2) is 6.20 Å². The molecule has 70 valence electrons. The predicted octanol–water partition coefficient (Wildman–Crippen LogP) is -0.282. The molecular formula is C8H13N5. The number of nitrogens with zero attached hydrogens (tertiary/aromatic N) is 2. The van der Waals surface area contributed by atoms with Crippen molar-refractivity contribution in [2.45, 2.75) is 12.3 Å². The van der Waals surface area contributed by atoms with Crippen molar-refractivity contribution in [1.29, 1.82) is 0 Å². The predicted molar refractivity (Wildman–Crippen MR) is 51.1 cm³/mol. The Labute approximate surface area is 76.6 Å². The molecule has 2 heterocycles. The lowest BCUT2D eigenvalue weighted by molar-refractivity contribution is 0.757. The molecule has 1 unspecified atom stereocenters. The van der Waals surface area contributed by atoms with Gasteiger partial charge in [-0.3, -0.25) is 0 Å². The molecule has 5 nitrogen and oxygen atoms in total. The molecule has 1 aliphatic rings. The smallest absolute Gasteiger partial charge is 0.221 e. The summed E-state index contributed by atoms with van der Waals surface area (Å²) in [4.78, 5) is 7.88. The van der Waals surface area contributed by atoms with E-state index < -0.39 is 0 Å². The molecule has 1 aliphatic heterocycles. The van der Waals surface area contributed by atoms with E-state index in [1.165, 1.54) is 0 Å². The molecule has 5 N–H and O–H groups in total. The molecule has 2 rings (SSSR count). The molecule has 0 aromatic carbocycles. The summed E-state index contributed by atoms with van der Waals surface area (Å²) in [5.41, 5.74) is 12.2. The monoisotopic (exact) mass is 179 g/mol. The topological polar surface area (TPSA) is 89.8 Å².